The van der Waals surface area contributed by atoms with E-state index in [9.17, 15) is 0 Å². The van der Waals surface area contributed by atoms with Gasteiger partial charge in [0.25, 0.3) is 0 Å². The summed E-state index contributed by atoms with van der Waals surface area (Å²) in [5, 5.41) is 3.12. The molecular weight excluding hydrogens is 537 g/mol. The van der Waals surface area contributed by atoms with E-state index in [0.717, 1.165) is 38.5 Å². The van der Waals surface area contributed by atoms with Crippen molar-refractivity contribution in [3.8, 4) is 28.6 Å². The maximum absolute atomic E-state index is 15.5. The number of ether oxygens (including phenoxy) is 1. The summed E-state index contributed by atoms with van der Waals surface area (Å²) in [6.07, 6.45) is 5.58. The smallest absolute Gasteiger partial charge is 0.226 e. The number of benzene rings is 3. The van der Waals surface area contributed by atoms with Gasteiger partial charge < -0.3 is 9.30 Å². The van der Waals surface area contributed by atoms with Crippen LogP contribution >= 0.6 is 0 Å². The van der Waals surface area contributed by atoms with Gasteiger partial charge in [0.2, 0.25) is 5.69 Å². The fourth-order valence-corrected chi connectivity index (χ4v) is 5.60. The summed E-state index contributed by atoms with van der Waals surface area (Å²) in [6, 6.07) is 25.1. The highest BCUT2D eigenvalue weighted by atomic mass is 19.1. The molecule has 7 aromatic rings. The maximum atomic E-state index is 15.5. The molecular formula is C36H28FN5O. The third kappa shape index (κ3) is 4.48. The van der Waals surface area contributed by atoms with E-state index >= 15 is 4.39 Å². The Labute approximate surface area is 248 Å². The van der Waals surface area contributed by atoms with Crippen molar-refractivity contribution < 1.29 is 9.13 Å². The van der Waals surface area contributed by atoms with Gasteiger partial charge in [-0.1, -0.05) is 39.0 Å². The first-order valence-corrected chi connectivity index (χ1v) is 14.0. The summed E-state index contributed by atoms with van der Waals surface area (Å²) >= 11 is 0. The minimum absolute atomic E-state index is 0.0340. The summed E-state index contributed by atoms with van der Waals surface area (Å²) in [4.78, 5) is 12.8. The highest BCUT2D eigenvalue weighted by molar-refractivity contribution is 6.09. The highest BCUT2D eigenvalue weighted by Gasteiger charge is 2.20. The molecule has 0 radical (unpaired) electrons. The molecule has 0 bridgehead atoms. The van der Waals surface area contributed by atoms with Crippen LogP contribution in [0.5, 0.6) is 11.5 Å². The van der Waals surface area contributed by atoms with Crippen molar-refractivity contribution in [2.75, 3.05) is 0 Å². The Hall–Kier alpha value is -5.48. The van der Waals surface area contributed by atoms with Gasteiger partial charge in [0.05, 0.1) is 35.0 Å². The normalized spacial score (nSPS) is 11.8. The zero-order chi connectivity index (χ0) is 29.9. The topological polar surface area (TPSA) is 49.2 Å². The second-order valence-corrected chi connectivity index (χ2v) is 11.8. The molecule has 3 aromatic carbocycles. The van der Waals surface area contributed by atoms with Gasteiger partial charge in [-0.15, -0.1) is 0 Å². The predicted molar refractivity (Wildman–Crippen MR) is 170 cm³/mol. The Kier molecular flexibility index (Phi) is 6.03. The third-order valence-electron chi connectivity index (χ3n) is 7.92. The van der Waals surface area contributed by atoms with Gasteiger partial charge >= 0.3 is 0 Å². The van der Waals surface area contributed by atoms with Crippen LogP contribution in [0.15, 0.2) is 97.5 Å². The van der Waals surface area contributed by atoms with E-state index in [1.165, 1.54) is 11.6 Å². The van der Waals surface area contributed by atoms with E-state index in [2.05, 4.69) is 53.4 Å². The number of hydrogen-bond donors (Lipinski definition) is 0. The fourth-order valence-electron chi connectivity index (χ4n) is 5.60. The zero-order valence-corrected chi connectivity index (χ0v) is 24.3. The molecule has 4 aromatic heterocycles. The maximum Gasteiger partial charge on any atom is 0.226 e. The molecule has 7 rings (SSSR count). The first-order valence-electron chi connectivity index (χ1n) is 14.0. The molecule has 0 aliphatic heterocycles. The lowest BCUT2D eigenvalue weighted by molar-refractivity contribution is 0.445. The number of fused-ring (bicyclic) bond motifs is 4. The van der Waals surface area contributed by atoms with Crippen LogP contribution in [0, 0.1) is 12.4 Å². The average molecular weight is 566 g/mol. The van der Waals surface area contributed by atoms with Crippen LogP contribution in [-0.2, 0) is 12.5 Å². The number of rotatable bonds is 4. The molecule has 0 aliphatic rings. The van der Waals surface area contributed by atoms with Crippen LogP contribution in [0.1, 0.15) is 26.3 Å². The molecule has 0 spiro atoms. The first-order chi connectivity index (χ1) is 20.7. The second kappa shape index (κ2) is 9.81. The molecule has 4 heterocycles. The molecule has 6 nitrogen and oxygen atoms in total. The highest BCUT2D eigenvalue weighted by Crippen LogP contribution is 2.39. The molecule has 0 aliphatic carbocycles. The SMILES string of the molecule is [C-]#[N+]c1cc(-c2cc3ccn(C)c3cn2)cc(Oc2ccc3c4ccccc4n(-c4cc(C(C)(C)C)ccn4)c3c2)c1F. The molecule has 0 amide bonds. The number of pyridine rings is 2. The molecule has 0 N–H and O–H groups in total. The lowest BCUT2D eigenvalue weighted by Gasteiger charge is -2.20. The van der Waals surface area contributed by atoms with Gasteiger partial charge in [0, 0.05) is 41.7 Å². The summed E-state index contributed by atoms with van der Waals surface area (Å²) in [5.74, 6) is 0.497. The Balaban J connectivity index is 1.36. The van der Waals surface area contributed by atoms with Gasteiger partial charge in [0.1, 0.15) is 11.6 Å². The van der Waals surface area contributed by atoms with Crippen molar-refractivity contribution in [2.45, 2.75) is 26.2 Å². The average Bonchev–Trinajstić information content (AvgIpc) is 3.54. The molecule has 0 unspecified atom stereocenters. The zero-order valence-electron chi connectivity index (χ0n) is 24.3. The van der Waals surface area contributed by atoms with E-state index in [1.54, 1.807) is 12.3 Å². The van der Waals surface area contributed by atoms with E-state index in [4.69, 9.17) is 16.3 Å². The van der Waals surface area contributed by atoms with Gasteiger partial charge in [-0.25, -0.2) is 14.2 Å². The van der Waals surface area contributed by atoms with Gasteiger partial charge in [-0.2, -0.15) is 0 Å². The van der Waals surface area contributed by atoms with Crippen LogP contribution in [0.4, 0.5) is 10.1 Å². The van der Waals surface area contributed by atoms with Crippen molar-refractivity contribution in [1.82, 2.24) is 19.1 Å². The van der Waals surface area contributed by atoms with E-state index < -0.39 is 5.82 Å². The van der Waals surface area contributed by atoms with E-state index in [-0.39, 0.29) is 16.9 Å². The largest absolute Gasteiger partial charge is 0.456 e. The number of aryl methyl sites for hydroxylation is 1. The summed E-state index contributed by atoms with van der Waals surface area (Å²) in [6.45, 7) is 14.1. The van der Waals surface area contributed by atoms with Gasteiger partial charge in [0.15, 0.2) is 11.6 Å². The lowest BCUT2D eigenvalue weighted by Crippen LogP contribution is -2.12. The summed E-state index contributed by atoms with van der Waals surface area (Å²) < 4.78 is 25.8. The Morgan fingerprint density at radius 3 is 2.49 bits per heavy atom. The number of para-hydroxylation sites is 1. The Morgan fingerprint density at radius 2 is 1.67 bits per heavy atom. The van der Waals surface area contributed by atoms with Crippen LogP contribution in [0.25, 0.3) is 54.6 Å². The molecule has 0 fully saturated rings. The predicted octanol–water partition coefficient (Wildman–Crippen LogP) is 9.51. The van der Waals surface area contributed by atoms with Crippen LogP contribution in [0.2, 0.25) is 0 Å². The number of halogens is 1. The third-order valence-corrected chi connectivity index (χ3v) is 7.92. The van der Waals surface area contributed by atoms with Crippen LogP contribution in [0.3, 0.4) is 0 Å². The monoisotopic (exact) mass is 565 g/mol. The number of nitrogens with zero attached hydrogens (tertiary/aromatic N) is 5. The summed E-state index contributed by atoms with van der Waals surface area (Å²) in [5.41, 5.74) is 5.12. The van der Waals surface area contributed by atoms with E-state index in [1.807, 2.05) is 72.5 Å². The summed E-state index contributed by atoms with van der Waals surface area (Å²) in [7, 11) is 1.96. The first kappa shape index (κ1) is 26.4. The van der Waals surface area contributed by atoms with Crippen molar-refractivity contribution in [3.05, 3.63) is 120 Å². The van der Waals surface area contributed by atoms with Gasteiger partial charge in [-0.3, -0.25) is 9.55 Å². The van der Waals surface area contributed by atoms with Crippen LogP contribution < -0.4 is 4.74 Å². The van der Waals surface area contributed by atoms with Gasteiger partial charge in [-0.05, 0) is 71.1 Å². The number of hydrogen-bond acceptors (Lipinski definition) is 3. The molecule has 7 heteroatoms. The molecule has 0 saturated heterocycles. The number of aromatic nitrogens is 4. The standard InChI is InChI=1S/C36H28FN5O/c1-36(2,3)24-12-14-39-34(19-24)42-30-9-7-6-8-26(30)27-11-10-25(20-31(27)42)43-33-18-23(17-29(38-4)35(33)37)28-16-22-13-15-41(5)32(22)21-40-28/h6-21H,1-3,5H3. The molecule has 0 saturated carbocycles. The Bertz CT molecular complexity index is 2250. The molecule has 210 valence electrons. The minimum atomic E-state index is -0.709. The van der Waals surface area contributed by atoms with Crippen molar-refractivity contribution in [2.24, 2.45) is 7.05 Å². The second-order valence-electron chi connectivity index (χ2n) is 11.8. The molecule has 43 heavy (non-hydrogen) atoms. The molecule has 0 atom stereocenters. The lowest BCUT2D eigenvalue weighted by atomic mass is 9.88. The fraction of sp³-hybridized carbons (Fsp3) is 0.139. The van der Waals surface area contributed by atoms with Crippen molar-refractivity contribution in [3.63, 3.8) is 0 Å². The van der Waals surface area contributed by atoms with Crippen molar-refractivity contribution in [1.29, 1.82) is 0 Å². The minimum Gasteiger partial charge on any atom is -0.456 e. The van der Waals surface area contributed by atoms with Crippen molar-refractivity contribution >= 4 is 38.4 Å². The van der Waals surface area contributed by atoms with Crippen LogP contribution in [-0.4, -0.2) is 19.1 Å². The van der Waals surface area contributed by atoms with E-state index in [0.29, 0.717) is 17.0 Å². The Morgan fingerprint density at radius 1 is 0.860 bits per heavy atom. The quantitative estimate of drug-likeness (QED) is 0.200.